The summed E-state index contributed by atoms with van der Waals surface area (Å²) in [6.07, 6.45) is 1.22. The number of benzene rings is 4. The molecule has 50 heavy (non-hydrogen) atoms. The van der Waals surface area contributed by atoms with Gasteiger partial charge in [0.1, 0.15) is 18.3 Å². The zero-order valence-electron chi connectivity index (χ0n) is 29.0. The Kier molecular flexibility index (Phi) is 16.4. The second-order valence-corrected chi connectivity index (χ2v) is 13.2. The normalized spacial score (nSPS) is 18.9. The summed E-state index contributed by atoms with van der Waals surface area (Å²) >= 11 is 12.0. The lowest BCUT2D eigenvalue weighted by molar-refractivity contribution is -0.256. The molecule has 0 saturated carbocycles. The van der Waals surface area contributed by atoms with E-state index in [1.807, 2.05) is 59.7 Å². The smallest absolute Gasteiger partial charge is 0.162 e. The topological polar surface area (TPSA) is 52.6 Å². The quantitative estimate of drug-likeness (QED) is 0.0460. The van der Waals surface area contributed by atoms with E-state index in [1.165, 1.54) is 5.56 Å². The molecule has 1 heterocycles. The number of hydrogen-bond acceptors (Lipinski definition) is 7. The third-order valence-electron chi connectivity index (χ3n) is 8.87. The summed E-state index contributed by atoms with van der Waals surface area (Å²) in [4.78, 5) is 8.21. The summed E-state index contributed by atoms with van der Waals surface area (Å²) < 4.78 is 26.3. The lowest BCUT2D eigenvalue weighted by Gasteiger charge is -2.31. The van der Waals surface area contributed by atoms with E-state index in [2.05, 4.69) is 65.6 Å². The van der Waals surface area contributed by atoms with Crippen LogP contribution >= 0.6 is 23.2 Å². The number of rotatable bonds is 22. The van der Waals surface area contributed by atoms with Gasteiger partial charge in [0, 0.05) is 37.1 Å². The standard InChI is InChI=1S/C41H50Cl2N2O5/c1-46-45(26-12-11-13-33-20-22-37(23-21-33)44(27-24-42)28-25-43)41-40(49-31-36-18-9-4-10-19-36)39(48-30-35-16-7-3-8-17-35)38(50-41)32-47-29-34-14-5-2-6-15-34/h2-10,14-23,38-41H,11-13,24-32H2,1H3/t38-,39-,40+,41?/m1/s1. The largest absolute Gasteiger partial charge is 0.374 e. The molecule has 5 rings (SSSR count). The van der Waals surface area contributed by atoms with Gasteiger partial charge in [-0.3, -0.25) is 4.84 Å². The maximum absolute atomic E-state index is 6.75. The molecule has 1 unspecified atom stereocenters. The third-order valence-corrected chi connectivity index (χ3v) is 9.21. The molecule has 0 bridgehead atoms. The summed E-state index contributed by atoms with van der Waals surface area (Å²) in [6, 6.07) is 39.3. The van der Waals surface area contributed by atoms with Crippen LogP contribution in [0, 0.1) is 0 Å². The Labute approximate surface area is 307 Å². The van der Waals surface area contributed by atoms with Crippen LogP contribution in [-0.4, -0.2) is 74.7 Å². The summed E-state index contributed by atoms with van der Waals surface area (Å²) in [5.41, 5.74) is 5.72. The molecule has 1 fully saturated rings. The molecule has 9 heteroatoms. The molecule has 1 aliphatic heterocycles. The Hall–Kier alpha value is -2.98. The molecule has 0 radical (unpaired) electrons. The predicted molar refractivity (Wildman–Crippen MR) is 202 cm³/mol. The molecule has 0 spiro atoms. The highest BCUT2D eigenvalue weighted by molar-refractivity contribution is 6.18. The molecule has 0 aliphatic carbocycles. The first-order valence-corrected chi connectivity index (χ1v) is 18.6. The van der Waals surface area contributed by atoms with Crippen molar-refractivity contribution in [1.29, 1.82) is 0 Å². The van der Waals surface area contributed by atoms with E-state index in [4.69, 9.17) is 47.0 Å². The fourth-order valence-corrected chi connectivity index (χ4v) is 6.63. The molecule has 268 valence electrons. The van der Waals surface area contributed by atoms with Crippen LogP contribution < -0.4 is 4.90 Å². The highest BCUT2D eigenvalue weighted by Crippen LogP contribution is 2.32. The van der Waals surface area contributed by atoms with Gasteiger partial charge in [-0.05, 0) is 53.6 Å². The monoisotopic (exact) mass is 720 g/mol. The minimum Gasteiger partial charge on any atom is -0.374 e. The molecule has 4 aromatic carbocycles. The fourth-order valence-electron chi connectivity index (χ4n) is 6.22. The summed E-state index contributed by atoms with van der Waals surface area (Å²) in [5, 5.41) is 1.91. The van der Waals surface area contributed by atoms with Gasteiger partial charge in [-0.25, -0.2) is 0 Å². The number of unbranched alkanes of at least 4 members (excludes halogenated alkanes) is 1. The summed E-state index contributed by atoms with van der Waals surface area (Å²) in [5.74, 6) is 1.14. The molecule has 0 aromatic heterocycles. The van der Waals surface area contributed by atoms with Gasteiger partial charge in [0.15, 0.2) is 6.23 Å². The van der Waals surface area contributed by atoms with Gasteiger partial charge in [-0.15, -0.1) is 23.2 Å². The van der Waals surface area contributed by atoms with E-state index in [-0.39, 0.29) is 12.2 Å². The van der Waals surface area contributed by atoms with Crippen molar-refractivity contribution >= 4 is 28.9 Å². The van der Waals surface area contributed by atoms with Gasteiger partial charge in [0.05, 0.1) is 33.5 Å². The number of ether oxygens (including phenoxy) is 4. The summed E-state index contributed by atoms with van der Waals surface area (Å²) in [6.45, 7) is 3.93. The molecule has 4 aromatic rings. The molecule has 1 saturated heterocycles. The maximum atomic E-state index is 6.75. The van der Waals surface area contributed by atoms with Crippen molar-refractivity contribution < 1.29 is 23.8 Å². The minimum atomic E-state index is -0.482. The van der Waals surface area contributed by atoms with Gasteiger partial charge in [-0.2, -0.15) is 5.06 Å². The van der Waals surface area contributed by atoms with E-state index in [0.717, 1.165) is 54.7 Å². The van der Waals surface area contributed by atoms with Crippen molar-refractivity contribution in [2.75, 3.05) is 50.0 Å². The number of nitrogens with zero attached hydrogens (tertiary/aromatic N) is 2. The van der Waals surface area contributed by atoms with Gasteiger partial charge in [-0.1, -0.05) is 103 Å². The number of anilines is 1. The van der Waals surface area contributed by atoms with Crippen molar-refractivity contribution in [2.45, 2.75) is 63.6 Å². The van der Waals surface area contributed by atoms with Crippen LogP contribution in [0.1, 0.15) is 35.1 Å². The summed E-state index contributed by atoms with van der Waals surface area (Å²) in [7, 11) is 1.70. The first-order chi connectivity index (χ1) is 24.7. The highest BCUT2D eigenvalue weighted by atomic mass is 35.5. The molecule has 0 N–H and O–H groups in total. The predicted octanol–water partition coefficient (Wildman–Crippen LogP) is 8.27. The van der Waals surface area contributed by atoms with Gasteiger partial charge in [0.25, 0.3) is 0 Å². The number of aryl methyl sites for hydroxylation is 1. The van der Waals surface area contributed by atoms with E-state index >= 15 is 0 Å². The Morgan fingerprint density at radius 1 is 0.600 bits per heavy atom. The molecular formula is C41H50Cl2N2O5. The number of alkyl halides is 2. The van der Waals surface area contributed by atoms with Crippen LogP contribution in [0.4, 0.5) is 5.69 Å². The van der Waals surface area contributed by atoms with Crippen molar-refractivity contribution in [3.63, 3.8) is 0 Å². The van der Waals surface area contributed by atoms with Crippen LogP contribution in [0.3, 0.4) is 0 Å². The zero-order valence-corrected chi connectivity index (χ0v) is 30.5. The number of hydrogen-bond donors (Lipinski definition) is 0. The molecule has 4 atom stereocenters. The van der Waals surface area contributed by atoms with E-state index < -0.39 is 12.3 Å². The van der Waals surface area contributed by atoms with Crippen molar-refractivity contribution in [2.24, 2.45) is 0 Å². The Balaban J connectivity index is 1.25. The Morgan fingerprint density at radius 3 is 1.68 bits per heavy atom. The molecule has 1 aliphatic rings. The van der Waals surface area contributed by atoms with Crippen molar-refractivity contribution in [3.8, 4) is 0 Å². The zero-order chi connectivity index (χ0) is 34.8. The molecule has 7 nitrogen and oxygen atoms in total. The Morgan fingerprint density at radius 2 is 1.14 bits per heavy atom. The van der Waals surface area contributed by atoms with E-state index in [0.29, 0.717) is 44.7 Å². The molecule has 0 amide bonds. The minimum absolute atomic E-state index is 0.358. The third kappa shape index (κ3) is 11.8. The van der Waals surface area contributed by atoms with Crippen LogP contribution in [0.5, 0.6) is 0 Å². The molecular weight excluding hydrogens is 671 g/mol. The van der Waals surface area contributed by atoms with Crippen molar-refractivity contribution in [3.05, 3.63) is 138 Å². The maximum Gasteiger partial charge on any atom is 0.162 e. The Bertz CT molecular complexity index is 1460. The average Bonchev–Trinajstić information content (AvgIpc) is 3.51. The van der Waals surface area contributed by atoms with Gasteiger partial charge in [0.2, 0.25) is 0 Å². The van der Waals surface area contributed by atoms with Gasteiger partial charge >= 0.3 is 0 Å². The second kappa shape index (κ2) is 21.4. The number of halogens is 2. The second-order valence-electron chi connectivity index (χ2n) is 12.4. The highest BCUT2D eigenvalue weighted by Gasteiger charge is 2.49. The van der Waals surface area contributed by atoms with Crippen LogP contribution in [-0.2, 0) is 50.0 Å². The van der Waals surface area contributed by atoms with Crippen LogP contribution in [0.15, 0.2) is 115 Å². The SMILES string of the molecule is CON(CCCCc1ccc(N(CCCl)CCCl)cc1)C1O[C@H](COCc2ccccc2)[C@@H](OCc2ccccc2)[C@@H]1OCc1ccccc1. The van der Waals surface area contributed by atoms with Crippen LogP contribution in [0.2, 0.25) is 0 Å². The van der Waals surface area contributed by atoms with Gasteiger partial charge < -0.3 is 23.8 Å². The van der Waals surface area contributed by atoms with Crippen LogP contribution in [0.25, 0.3) is 0 Å². The lowest BCUT2D eigenvalue weighted by Crippen LogP contribution is -2.46. The first kappa shape index (κ1) is 38.3. The van der Waals surface area contributed by atoms with Crippen molar-refractivity contribution in [1.82, 2.24) is 5.06 Å². The fraction of sp³-hybridized carbons (Fsp3) is 0.415. The first-order valence-electron chi connectivity index (χ1n) is 17.5. The van der Waals surface area contributed by atoms with E-state index in [1.54, 1.807) is 7.11 Å². The lowest BCUT2D eigenvalue weighted by atomic mass is 10.1. The average molecular weight is 722 g/mol. The van der Waals surface area contributed by atoms with E-state index in [9.17, 15) is 0 Å². The number of hydroxylamine groups is 2.